The van der Waals surface area contributed by atoms with Crippen molar-refractivity contribution in [1.82, 2.24) is 19.8 Å². The second-order valence-electron chi connectivity index (χ2n) is 11.0. The number of carbonyl (C=O) groups is 1. The molecule has 3 aliphatic heterocycles. The highest BCUT2D eigenvalue weighted by Crippen LogP contribution is 2.39. The van der Waals surface area contributed by atoms with Gasteiger partial charge in [-0.2, -0.15) is 18.2 Å². The van der Waals surface area contributed by atoms with Crippen molar-refractivity contribution in [2.24, 2.45) is 0 Å². The number of hydrogen-bond acceptors (Lipinski definition) is 7. The Bertz CT molecular complexity index is 1380. The summed E-state index contributed by atoms with van der Waals surface area (Å²) < 4.78 is 55.4. The van der Waals surface area contributed by atoms with Gasteiger partial charge in [0.05, 0.1) is 17.8 Å². The smallest absolute Gasteiger partial charge is 0.365 e. The quantitative estimate of drug-likeness (QED) is 0.301. The van der Waals surface area contributed by atoms with Crippen LogP contribution >= 0.6 is 0 Å². The first-order valence-corrected chi connectivity index (χ1v) is 14.1. The van der Waals surface area contributed by atoms with E-state index in [-0.39, 0.29) is 37.3 Å². The largest absolute Gasteiger partial charge is 0.418 e. The molecule has 1 N–H and O–H groups in total. The van der Waals surface area contributed by atoms with Crippen LogP contribution in [0.2, 0.25) is 0 Å². The lowest BCUT2D eigenvalue weighted by Gasteiger charge is -2.41. The van der Waals surface area contributed by atoms with Crippen LogP contribution in [0.1, 0.15) is 29.7 Å². The lowest BCUT2D eigenvalue weighted by molar-refractivity contribution is -0.137. The molecule has 0 aliphatic carbocycles. The van der Waals surface area contributed by atoms with Gasteiger partial charge in [0.2, 0.25) is 18.4 Å². The second-order valence-corrected chi connectivity index (χ2v) is 11.0. The normalized spacial score (nSPS) is 21.2. The molecule has 0 radical (unpaired) electrons. The monoisotopic (exact) mass is 586 g/mol. The first-order valence-electron chi connectivity index (χ1n) is 14.1. The molecule has 13 heteroatoms. The Hall–Kier alpha value is -3.92. The number of halogens is 4. The highest BCUT2D eigenvalue weighted by Gasteiger charge is 2.38. The van der Waals surface area contributed by atoms with E-state index >= 15 is 0 Å². The van der Waals surface area contributed by atoms with Gasteiger partial charge in [0, 0.05) is 50.0 Å². The maximum atomic E-state index is 13.8. The molecule has 2 atom stereocenters. The van der Waals surface area contributed by atoms with Crippen LogP contribution in [0.15, 0.2) is 30.9 Å². The first kappa shape index (κ1) is 29.6. The average molecular weight is 587 g/mol. The van der Waals surface area contributed by atoms with E-state index in [4.69, 9.17) is 16.5 Å². The summed E-state index contributed by atoms with van der Waals surface area (Å²) in [6.07, 6.45) is -0.944. The van der Waals surface area contributed by atoms with E-state index in [2.05, 4.69) is 28.7 Å². The van der Waals surface area contributed by atoms with E-state index in [1.54, 1.807) is 9.80 Å². The van der Waals surface area contributed by atoms with Crippen molar-refractivity contribution in [3.63, 3.8) is 0 Å². The van der Waals surface area contributed by atoms with Crippen molar-refractivity contribution in [2.45, 2.75) is 44.1 Å². The third-order valence-electron chi connectivity index (χ3n) is 8.36. The van der Waals surface area contributed by atoms with Crippen molar-refractivity contribution in [3.05, 3.63) is 64.9 Å². The number of nitrogens with zero attached hydrogens (tertiary/aromatic N) is 7. The van der Waals surface area contributed by atoms with Crippen LogP contribution < -0.4 is 15.1 Å². The minimum atomic E-state index is -4.71. The van der Waals surface area contributed by atoms with Crippen molar-refractivity contribution in [3.8, 4) is 0 Å². The molecule has 1 aromatic carbocycles. The van der Waals surface area contributed by atoms with Crippen LogP contribution in [0.25, 0.3) is 4.85 Å². The minimum Gasteiger partial charge on any atom is -0.365 e. The molecule has 1 aromatic heterocycles. The molecule has 2 saturated heterocycles. The standard InChI is InChI=1S/C29H34F4N8O/c1-4-26(42)41-13-12-40(17-21(41)15-34-2)27-22-9-11-39(25-8-7-19(30)14-23(25)29(31,32)33)18-24(22)36-28(37-27)35-16-20-6-5-10-38(20)3/h4,7-8,14,20-21H,1,5-6,9-13,15-18H2,3H3,(H,35,36,37)/t20-,21?/m0/s1. The van der Waals surface area contributed by atoms with E-state index in [0.29, 0.717) is 62.2 Å². The van der Waals surface area contributed by atoms with Crippen LogP contribution in [-0.4, -0.2) is 90.6 Å². The number of likely N-dealkylation sites (N-methyl/N-ethyl adjacent to an activating group) is 1. The molecule has 1 amide bonds. The number of anilines is 3. The van der Waals surface area contributed by atoms with E-state index < -0.39 is 17.6 Å². The molecule has 3 aliphatic rings. The number of fused-ring (bicyclic) bond motifs is 1. The van der Waals surface area contributed by atoms with Gasteiger partial charge in [-0.05, 0) is 57.1 Å². The summed E-state index contributed by atoms with van der Waals surface area (Å²) in [5.41, 5.74) is 0.311. The molecule has 0 bridgehead atoms. The van der Waals surface area contributed by atoms with Gasteiger partial charge in [0.15, 0.2) is 0 Å². The van der Waals surface area contributed by atoms with E-state index in [9.17, 15) is 22.4 Å². The summed E-state index contributed by atoms with van der Waals surface area (Å²) in [6.45, 7) is 14.3. The van der Waals surface area contributed by atoms with Crippen LogP contribution in [0, 0.1) is 12.4 Å². The van der Waals surface area contributed by atoms with Gasteiger partial charge in [-0.3, -0.25) is 4.79 Å². The third kappa shape index (κ3) is 6.13. The minimum absolute atomic E-state index is 0.0922. The molecule has 5 rings (SSSR count). The Morgan fingerprint density at radius 3 is 2.69 bits per heavy atom. The van der Waals surface area contributed by atoms with Crippen LogP contribution in [0.4, 0.5) is 35.0 Å². The van der Waals surface area contributed by atoms with Crippen LogP contribution in [0.3, 0.4) is 0 Å². The fourth-order valence-corrected chi connectivity index (χ4v) is 6.13. The number of nitrogens with one attached hydrogen (secondary N) is 1. The molecule has 224 valence electrons. The molecular weight excluding hydrogens is 552 g/mol. The molecular formula is C29H34F4N8O. The number of benzene rings is 1. The zero-order chi connectivity index (χ0) is 30.0. The maximum absolute atomic E-state index is 13.8. The molecule has 2 aromatic rings. The maximum Gasteiger partial charge on any atom is 0.418 e. The van der Waals surface area contributed by atoms with Crippen molar-refractivity contribution in [2.75, 3.05) is 68.0 Å². The number of likely N-dealkylation sites (tertiary alicyclic amines) is 1. The van der Waals surface area contributed by atoms with Crippen molar-refractivity contribution in [1.29, 1.82) is 0 Å². The Morgan fingerprint density at radius 2 is 2.00 bits per heavy atom. The summed E-state index contributed by atoms with van der Waals surface area (Å²) in [5.74, 6) is -0.129. The number of carbonyl (C=O) groups excluding carboxylic acids is 1. The molecule has 0 saturated carbocycles. The zero-order valence-electron chi connectivity index (χ0n) is 23.5. The van der Waals surface area contributed by atoms with Gasteiger partial charge in [0.25, 0.3) is 0 Å². The number of piperazine rings is 1. The highest BCUT2D eigenvalue weighted by atomic mass is 19.4. The molecule has 9 nitrogen and oxygen atoms in total. The average Bonchev–Trinajstić information content (AvgIpc) is 3.39. The van der Waals surface area contributed by atoms with Gasteiger partial charge < -0.3 is 29.8 Å². The molecule has 42 heavy (non-hydrogen) atoms. The SMILES string of the molecule is [C-]#[N+]CC1CN(c2nc(NC[C@@H]3CCCN3C)nc3c2CCN(c2ccc(F)cc2C(F)(F)F)C3)CCN1C(=O)C=C. The van der Waals surface area contributed by atoms with Crippen LogP contribution in [0.5, 0.6) is 0 Å². The summed E-state index contributed by atoms with van der Waals surface area (Å²) in [5, 5.41) is 3.35. The summed E-state index contributed by atoms with van der Waals surface area (Å²) in [6, 6.07) is 2.70. The Labute approximate surface area is 242 Å². The zero-order valence-corrected chi connectivity index (χ0v) is 23.5. The van der Waals surface area contributed by atoms with Gasteiger partial charge in [-0.25, -0.2) is 15.9 Å². The predicted octanol–water partition coefficient (Wildman–Crippen LogP) is 3.83. The van der Waals surface area contributed by atoms with Gasteiger partial charge in [0.1, 0.15) is 17.7 Å². The Kier molecular flexibility index (Phi) is 8.54. The van der Waals surface area contributed by atoms with Crippen molar-refractivity contribution >= 4 is 23.4 Å². The fraction of sp³-hybridized carbons (Fsp3) is 0.517. The lowest BCUT2D eigenvalue weighted by atomic mass is 10.0. The summed E-state index contributed by atoms with van der Waals surface area (Å²) >= 11 is 0. The topological polar surface area (TPSA) is 72.2 Å². The lowest BCUT2D eigenvalue weighted by Crippen LogP contribution is -2.56. The predicted molar refractivity (Wildman–Crippen MR) is 152 cm³/mol. The number of alkyl halides is 3. The van der Waals surface area contributed by atoms with E-state index in [1.165, 1.54) is 12.1 Å². The number of amides is 1. The van der Waals surface area contributed by atoms with E-state index in [1.807, 2.05) is 4.90 Å². The first-order chi connectivity index (χ1) is 20.1. The summed E-state index contributed by atoms with van der Waals surface area (Å²) in [7, 11) is 2.07. The third-order valence-corrected chi connectivity index (χ3v) is 8.36. The van der Waals surface area contributed by atoms with Crippen molar-refractivity contribution < 1.29 is 22.4 Å². The fourth-order valence-electron chi connectivity index (χ4n) is 6.13. The highest BCUT2D eigenvalue weighted by molar-refractivity contribution is 5.87. The Morgan fingerprint density at radius 1 is 1.19 bits per heavy atom. The Balaban J connectivity index is 1.48. The second kappa shape index (κ2) is 12.1. The number of hydrogen-bond donors (Lipinski definition) is 1. The number of aromatic nitrogens is 2. The number of rotatable bonds is 7. The summed E-state index contributed by atoms with van der Waals surface area (Å²) in [4.78, 5) is 33.2. The van der Waals surface area contributed by atoms with Gasteiger partial charge in [-0.1, -0.05) is 6.58 Å². The van der Waals surface area contributed by atoms with Gasteiger partial charge >= 0.3 is 6.18 Å². The molecule has 4 heterocycles. The molecule has 0 spiro atoms. The molecule has 2 fully saturated rings. The van der Waals surface area contributed by atoms with Gasteiger partial charge in [-0.15, -0.1) is 0 Å². The molecule has 1 unspecified atom stereocenters. The van der Waals surface area contributed by atoms with E-state index in [0.717, 1.165) is 31.0 Å². The van der Waals surface area contributed by atoms with Crippen LogP contribution in [-0.2, 0) is 23.9 Å².